The van der Waals surface area contributed by atoms with Gasteiger partial charge in [-0.05, 0) is 13.5 Å². The lowest BCUT2D eigenvalue weighted by Gasteiger charge is -2.20. The first-order chi connectivity index (χ1) is 8.04. The fourth-order valence-electron chi connectivity index (χ4n) is 1.67. The van der Waals surface area contributed by atoms with Crippen LogP contribution < -0.4 is 5.73 Å². The molecule has 5 nitrogen and oxygen atoms in total. The lowest BCUT2D eigenvalue weighted by molar-refractivity contribution is 0.293. The summed E-state index contributed by atoms with van der Waals surface area (Å²) >= 11 is 4.97. The molecule has 17 heavy (non-hydrogen) atoms. The maximum Gasteiger partial charge on any atom is 0.140 e. The summed E-state index contributed by atoms with van der Waals surface area (Å²) in [5, 5.41) is 4.20. The molecule has 96 valence electrons. The van der Waals surface area contributed by atoms with Gasteiger partial charge in [-0.3, -0.25) is 4.90 Å². The topological polar surface area (TPSA) is 60.0 Å². The molecular formula is C11H21N5S. The molecule has 1 heterocycles. The fraction of sp³-hybridized carbons (Fsp3) is 0.727. The minimum atomic E-state index is 0.220. The van der Waals surface area contributed by atoms with Crippen molar-refractivity contribution in [1.29, 1.82) is 0 Å². The van der Waals surface area contributed by atoms with E-state index in [4.69, 9.17) is 18.0 Å². The first kappa shape index (κ1) is 14.1. The third-order valence-corrected chi connectivity index (χ3v) is 3.02. The van der Waals surface area contributed by atoms with Crippen molar-refractivity contribution < 1.29 is 0 Å². The van der Waals surface area contributed by atoms with Crippen LogP contribution in [0.1, 0.15) is 26.1 Å². The number of hydrogen-bond donors (Lipinski definition) is 1. The van der Waals surface area contributed by atoms with Crippen LogP contribution in [0.15, 0.2) is 6.33 Å². The van der Waals surface area contributed by atoms with Crippen LogP contribution in [0.2, 0.25) is 0 Å². The van der Waals surface area contributed by atoms with Gasteiger partial charge >= 0.3 is 0 Å². The van der Waals surface area contributed by atoms with Crippen molar-refractivity contribution in [3.8, 4) is 0 Å². The Morgan fingerprint density at radius 3 is 2.94 bits per heavy atom. The van der Waals surface area contributed by atoms with Gasteiger partial charge in [-0.1, -0.05) is 26.1 Å². The van der Waals surface area contributed by atoms with Gasteiger partial charge < -0.3 is 5.73 Å². The summed E-state index contributed by atoms with van der Waals surface area (Å²) in [4.78, 5) is 7.00. The molecule has 1 unspecified atom stereocenters. The molecule has 1 atom stereocenters. The van der Waals surface area contributed by atoms with E-state index >= 15 is 0 Å². The lowest BCUT2D eigenvalue weighted by atomic mass is 10.2. The van der Waals surface area contributed by atoms with Crippen molar-refractivity contribution in [1.82, 2.24) is 19.7 Å². The number of aryl methyl sites for hydroxylation is 1. The van der Waals surface area contributed by atoms with Crippen LogP contribution in [0.4, 0.5) is 0 Å². The first-order valence-electron chi connectivity index (χ1n) is 5.89. The van der Waals surface area contributed by atoms with Crippen molar-refractivity contribution in [2.45, 2.75) is 33.4 Å². The largest absolute Gasteiger partial charge is 0.393 e. The molecule has 0 amide bonds. The Hall–Kier alpha value is -1.01. The summed E-state index contributed by atoms with van der Waals surface area (Å²) in [5.41, 5.74) is 5.61. The zero-order valence-corrected chi connectivity index (χ0v) is 11.6. The van der Waals surface area contributed by atoms with Gasteiger partial charge in [0, 0.05) is 19.0 Å². The molecule has 0 fully saturated rings. The lowest BCUT2D eigenvalue weighted by Crippen LogP contribution is -2.32. The molecule has 0 spiro atoms. The predicted octanol–water partition coefficient (Wildman–Crippen LogP) is 1.04. The molecule has 1 rings (SSSR count). The van der Waals surface area contributed by atoms with Crippen LogP contribution in [-0.2, 0) is 13.1 Å². The molecule has 1 aromatic heterocycles. The molecule has 2 N–H and O–H groups in total. The van der Waals surface area contributed by atoms with Gasteiger partial charge in [0.25, 0.3) is 0 Å². The molecule has 0 aliphatic rings. The van der Waals surface area contributed by atoms with Crippen molar-refractivity contribution >= 4 is 17.2 Å². The molecule has 0 radical (unpaired) electrons. The maximum absolute atomic E-state index is 5.61. The van der Waals surface area contributed by atoms with E-state index in [9.17, 15) is 0 Å². The molecular weight excluding hydrogens is 234 g/mol. The van der Waals surface area contributed by atoms with E-state index in [1.54, 1.807) is 6.33 Å². The second kappa shape index (κ2) is 6.66. The van der Waals surface area contributed by atoms with Gasteiger partial charge in [0.15, 0.2) is 0 Å². The summed E-state index contributed by atoms with van der Waals surface area (Å²) in [5.74, 6) is 1.21. The Bertz CT molecular complexity index is 362. The Morgan fingerprint density at radius 1 is 1.65 bits per heavy atom. The van der Waals surface area contributed by atoms with Crippen molar-refractivity contribution in [3.05, 3.63) is 12.2 Å². The van der Waals surface area contributed by atoms with E-state index in [0.29, 0.717) is 4.99 Å². The Kier molecular flexibility index (Phi) is 5.50. The van der Waals surface area contributed by atoms with Crippen molar-refractivity contribution in [2.75, 3.05) is 13.6 Å². The normalized spacial score (nSPS) is 12.9. The van der Waals surface area contributed by atoms with Gasteiger partial charge in [-0.25, -0.2) is 9.67 Å². The zero-order chi connectivity index (χ0) is 12.8. The van der Waals surface area contributed by atoms with E-state index in [2.05, 4.69) is 21.9 Å². The monoisotopic (exact) mass is 255 g/mol. The summed E-state index contributed by atoms with van der Waals surface area (Å²) < 4.78 is 1.95. The van der Waals surface area contributed by atoms with Crippen LogP contribution in [0.5, 0.6) is 0 Å². The van der Waals surface area contributed by atoms with Gasteiger partial charge in [-0.15, -0.1) is 0 Å². The van der Waals surface area contributed by atoms with Crippen LogP contribution in [0.3, 0.4) is 0 Å². The number of nitrogens with two attached hydrogens (primary N) is 1. The molecule has 0 bridgehead atoms. The molecule has 0 saturated carbocycles. The van der Waals surface area contributed by atoms with Crippen LogP contribution in [0.25, 0.3) is 0 Å². The van der Waals surface area contributed by atoms with Crippen molar-refractivity contribution in [2.24, 2.45) is 11.7 Å². The number of aromatic nitrogens is 3. The Morgan fingerprint density at radius 2 is 2.35 bits per heavy atom. The highest BCUT2D eigenvalue weighted by Crippen LogP contribution is 2.04. The van der Waals surface area contributed by atoms with E-state index in [0.717, 1.165) is 31.9 Å². The second-order valence-electron chi connectivity index (χ2n) is 4.40. The van der Waals surface area contributed by atoms with Crippen LogP contribution in [-0.4, -0.2) is 38.2 Å². The average molecular weight is 255 g/mol. The minimum Gasteiger partial charge on any atom is -0.393 e. The summed E-state index contributed by atoms with van der Waals surface area (Å²) in [6.07, 6.45) is 2.67. The average Bonchev–Trinajstić information content (AvgIpc) is 2.66. The third kappa shape index (κ3) is 4.40. The standard InChI is InChI=1S/C11H21N5S/c1-4-5-16-10(13-8-14-16)7-15(3)6-9(2)11(12)17/h8-9H,4-7H2,1-3H3,(H2,12,17). The molecule has 0 aromatic carbocycles. The second-order valence-corrected chi connectivity index (χ2v) is 4.87. The molecule has 0 aliphatic heterocycles. The van der Waals surface area contributed by atoms with E-state index in [1.165, 1.54) is 0 Å². The van der Waals surface area contributed by atoms with E-state index in [1.807, 2.05) is 18.7 Å². The smallest absolute Gasteiger partial charge is 0.140 e. The van der Waals surface area contributed by atoms with Crippen molar-refractivity contribution in [3.63, 3.8) is 0 Å². The van der Waals surface area contributed by atoms with Gasteiger partial charge in [-0.2, -0.15) is 5.10 Å². The summed E-state index contributed by atoms with van der Waals surface area (Å²) in [6, 6.07) is 0. The quantitative estimate of drug-likeness (QED) is 0.738. The van der Waals surface area contributed by atoms with Gasteiger partial charge in [0.1, 0.15) is 12.2 Å². The number of thiocarbonyl (C=S) groups is 1. The minimum absolute atomic E-state index is 0.220. The molecule has 6 heteroatoms. The summed E-state index contributed by atoms with van der Waals surface area (Å²) in [6.45, 7) is 6.69. The Balaban J connectivity index is 2.52. The highest BCUT2D eigenvalue weighted by Gasteiger charge is 2.12. The van der Waals surface area contributed by atoms with Crippen LogP contribution in [0, 0.1) is 5.92 Å². The van der Waals surface area contributed by atoms with E-state index in [-0.39, 0.29) is 5.92 Å². The number of rotatable bonds is 7. The highest BCUT2D eigenvalue weighted by atomic mass is 32.1. The van der Waals surface area contributed by atoms with E-state index < -0.39 is 0 Å². The van der Waals surface area contributed by atoms with Crippen LogP contribution >= 0.6 is 12.2 Å². The van der Waals surface area contributed by atoms with Gasteiger partial charge in [0.05, 0.1) is 11.5 Å². The zero-order valence-electron chi connectivity index (χ0n) is 10.8. The molecule has 1 aromatic rings. The fourth-order valence-corrected chi connectivity index (χ4v) is 1.75. The number of nitrogens with zero attached hydrogens (tertiary/aromatic N) is 4. The molecule has 0 saturated heterocycles. The Labute approximate surface area is 108 Å². The first-order valence-corrected chi connectivity index (χ1v) is 6.30. The molecule has 0 aliphatic carbocycles. The number of hydrogen-bond acceptors (Lipinski definition) is 4. The summed E-state index contributed by atoms with van der Waals surface area (Å²) in [7, 11) is 2.04. The third-order valence-electron chi connectivity index (χ3n) is 2.61. The SMILES string of the molecule is CCCn1ncnc1CN(C)CC(C)C(N)=S. The highest BCUT2D eigenvalue weighted by molar-refractivity contribution is 7.80. The predicted molar refractivity (Wildman–Crippen MR) is 72.6 cm³/mol. The maximum atomic E-state index is 5.61. The van der Waals surface area contributed by atoms with Gasteiger partial charge in [0.2, 0.25) is 0 Å².